The monoisotopic (exact) mass is 341 g/mol. The van der Waals surface area contributed by atoms with Crippen LogP contribution in [0, 0.1) is 5.41 Å². The van der Waals surface area contributed by atoms with Gasteiger partial charge in [-0.25, -0.2) is 0 Å². The summed E-state index contributed by atoms with van der Waals surface area (Å²) in [5.74, 6) is -0.490. The van der Waals surface area contributed by atoms with Crippen molar-refractivity contribution in [2.75, 3.05) is 19.7 Å². The summed E-state index contributed by atoms with van der Waals surface area (Å²) in [6.45, 7) is 1.16. The average Bonchev–Trinajstić information content (AvgIpc) is 3.27. The summed E-state index contributed by atoms with van der Waals surface area (Å²) >= 11 is 0. The molecule has 130 valence electrons. The molecule has 25 heavy (non-hydrogen) atoms. The molecule has 7 heteroatoms. The van der Waals surface area contributed by atoms with Crippen LogP contribution in [0.4, 0.5) is 0 Å². The van der Waals surface area contributed by atoms with Gasteiger partial charge in [-0.2, -0.15) is 5.10 Å². The molecule has 2 atom stereocenters. The highest BCUT2D eigenvalue weighted by atomic mass is 16.5. The van der Waals surface area contributed by atoms with Gasteiger partial charge in [-0.1, -0.05) is 18.2 Å². The van der Waals surface area contributed by atoms with Crippen LogP contribution in [0.15, 0.2) is 42.7 Å². The van der Waals surface area contributed by atoms with Crippen molar-refractivity contribution in [3.63, 3.8) is 0 Å². The quantitative estimate of drug-likeness (QED) is 0.908. The first-order chi connectivity index (χ1) is 12.1. The van der Waals surface area contributed by atoms with Gasteiger partial charge in [0.25, 0.3) is 0 Å². The number of likely N-dealkylation sites (tertiary alicyclic amines) is 1. The predicted octanol–water partition coefficient (Wildman–Crippen LogP) is 1.36. The van der Waals surface area contributed by atoms with Crippen LogP contribution in [-0.4, -0.2) is 51.4 Å². The maximum absolute atomic E-state index is 12.6. The number of hydrogen-bond donors (Lipinski definition) is 1. The number of para-hydroxylation sites is 1. The van der Waals surface area contributed by atoms with Crippen LogP contribution < -0.4 is 4.74 Å². The average molecular weight is 341 g/mol. The maximum Gasteiger partial charge on any atom is 0.315 e. The van der Waals surface area contributed by atoms with E-state index in [1.54, 1.807) is 22.0 Å². The van der Waals surface area contributed by atoms with Crippen LogP contribution in [-0.2, 0) is 16.1 Å². The number of aromatic nitrogens is 2. The highest BCUT2D eigenvalue weighted by molar-refractivity contribution is 5.82. The normalized spacial score (nSPS) is 24.3. The number of aliphatic carboxylic acids is 1. The second-order valence-electron chi connectivity index (χ2n) is 6.63. The summed E-state index contributed by atoms with van der Waals surface area (Å²) in [4.78, 5) is 26.3. The Balaban J connectivity index is 1.56. The van der Waals surface area contributed by atoms with Crippen molar-refractivity contribution in [2.24, 2.45) is 5.41 Å². The van der Waals surface area contributed by atoms with E-state index in [9.17, 15) is 14.7 Å². The van der Waals surface area contributed by atoms with Crippen molar-refractivity contribution in [3.05, 3.63) is 48.3 Å². The van der Waals surface area contributed by atoms with Crippen molar-refractivity contribution >= 4 is 11.9 Å². The number of carboxylic acids is 1. The van der Waals surface area contributed by atoms with Crippen molar-refractivity contribution in [2.45, 2.75) is 18.9 Å². The molecule has 4 rings (SSSR count). The lowest BCUT2D eigenvalue weighted by atomic mass is 9.73. The number of fused-ring (bicyclic) bond motifs is 3. The highest BCUT2D eigenvalue weighted by Gasteiger charge is 2.57. The van der Waals surface area contributed by atoms with E-state index >= 15 is 0 Å². The maximum atomic E-state index is 12.6. The van der Waals surface area contributed by atoms with E-state index < -0.39 is 11.4 Å². The van der Waals surface area contributed by atoms with Gasteiger partial charge < -0.3 is 14.7 Å². The second kappa shape index (κ2) is 5.91. The fraction of sp³-hybridized carbons (Fsp3) is 0.389. The second-order valence-corrected chi connectivity index (χ2v) is 6.63. The first kappa shape index (κ1) is 15.7. The summed E-state index contributed by atoms with van der Waals surface area (Å²) in [5, 5.41) is 14.0. The molecule has 1 fully saturated rings. The van der Waals surface area contributed by atoms with Gasteiger partial charge in [0.15, 0.2) is 0 Å². The Morgan fingerprint density at radius 1 is 1.32 bits per heavy atom. The summed E-state index contributed by atoms with van der Waals surface area (Å²) in [7, 11) is 0. The zero-order valence-electron chi connectivity index (χ0n) is 13.7. The molecule has 0 radical (unpaired) electrons. The van der Waals surface area contributed by atoms with E-state index in [1.807, 2.05) is 30.3 Å². The zero-order chi connectivity index (χ0) is 17.4. The minimum Gasteiger partial charge on any atom is -0.492 e. The van der Waals surface area contributed by atoms with Gasteiger partial charge in [-0.15, -0.1) is 0 Å². The van der Waals surface area contributed by atoms with Crippen LogP contribution in [0.1, 0.15) is 17.9 Å². The molecule has 7 nitrogen and oxygen atoms in total. The molecule has 2 aliphatic rings. The fourth-order valence-corrected chi connectivity index (χ4v) is 3.83. The smallest absolute Gasteiger partial charge is 0.315 e. The zero-order valence-corrected chi connectivity index (χ0v) is 13.7. The largest absolute Gasteiger partial charge is 0.492 e. The van der Waals surface area contributed by atoms with Gasteiger partial charge in [-0.3, -0.25) is 14.3 Å². The lowest BCUT2D eigenvalue weighted by Gasteiger charge is -2.35. The Kier molecular flexibility index (Phi) is 3.71. The molecule has 1 aromatic heterocycles. The van der Waals surface area contributed by atoms with Crippen molar-refractivity contribution in [3.8, 4) is 5.75 Å². The molecule has 1 saturated heterocycles. The van der Waals surface area contributed by atoms with Gasteiger partial charge in [0, 0.05) is 49.9 Å². The number of aryl methyl sites for hydroxylation is 1. The Bertz CT molecular complexity index is 804. The molecular weight excluding hydrogens is 322 g/mol. The number of amides is 1. The molecule has 1 N–H and O–H groups in total. The van der Waals surface area contributed by atoms with E-state index in [1.165, 1.54) is 0 Å². The van der Waals surface area contributed by atoms with Crippen LogP contribution in [0.3, 0.4) is 0 Å². The lowest BCUT2D eigenvalue weighted by molar-refractivity contribution is -0.152. The predicted molar refractivity (Wildman–Crippen MR) is 88.2 cm³/mol. The van der Waals surface area contributed by atoms with Crippen LogP contribution in [0.2, 0.25) is 0 Å². The van der Waals surface area contributed by atoms with Crippen molar-refractivity contribution in [1.82, 2.24) is 14.7 Å². The first-order valence-electron chi connectivity index (χ1n) is 8.30. The third-order valence-corrected chi connectivity index (χ3v) is 5.22. The first-order valence-corrected chi connectivity index (χ1v) is 8.30. The number of rotatable bonds is 4. The Labute approximate surface area is 144 Å². The molecular formula is C18H19N3O4. The summed E-state index contributed by atoms with van der Waals surface area (Å²) in [5.41, 5.74) is -0.200. The number of ether oxygens (including phenoxy) is 1. The Morgan fingerprint density at radius 2 is 2.16 bits per heavy atom. The highest BCUT2D eigenvalue weighted by Crippen LogP contribution is 2.49. The minimum absolute atomic E-state index is 0.0528. The Morgan fingerprint density at radius 3 is 2.92 bits per heavy atom. The fourth-order valence-electron chi connectivity index (χ4n) is 3.83. The number of carbonyl (C=O) groups is 2. The molecule has 2 aliphatic heterocycles. The number of hydrogen-bond acceptors (Lipinski definition) is 4. The molecule has 3 heterocycles. The van der Waals surface area contributed by atoms with Gasteiger partial charge in [0.1, 0.15) is 17.8 Å². The third kappa shape index (κ3) is 2.56. The van der Waals surface area contributed by atoms with E-state index in [2.05, 4.69) is 5.10 Å². The number of nitrogens with zero attached hydrogens (tertiary/aromatic N) is 3. The molecule has 1 aromatic carbocycles. The standard InChI is InChI=1S/C18H19N3O4/c22-16(6-9-21-8-3-7-19-21)20-10-14-13-4-1-2-5-15(13)25-12-18(14,11-20)17(23)24/h1-5,7-8,14H,6,9-12H2,(H,23,24)/t14-,18-/m1/s1. The summed E-state index contributed by atoms with van der Waals surface area (Å²) in [6, 6.07) is 9.30. The van der Waals surface area contributed by atoms with E-state index in [-0.39, 0.29) is 25.0 Å². The number of carboxylic acid groups (broad SMARTS) is 1. The van der Waals surface area contributed by atoms with Crippen molar-refractivity contribution in [1.29, 1.82) is 0 Å². The van der Waals surface area contributed by atoms with E-state index in [0.717, 1.165) is 11.3 Å². The molecule has 0 unspecified atom stereocenters. The SMILES string of the molecule is O=C(CCn1cccn1)N1C[C@@H]2c3ccccc3OC[C@]2(C(=O)O)C1. The van der Waals surface area contributed by atoms with Crippen LogP contribution in [0.5, 0.6) is 5.75 Å². The van der Waals surface area contributed by atoms with Crippen molar-refractivity contribution < 1.29 is 19.4 Å². The molecule has 1 amide bonds. The molecule has 0 bridgehead atoms. The topological polar surface area (TPSA) is 84.7 Å². The van der Waals surface area contributed by atoms with Crippen LogP contribution in [0.25, 0.3) is 0 Å². The number of benzene rings is 1. The molecule has 0 spiro atoms. The van der Waals surface area contributed by atoms with Gasteiger partial charge in [-0.05, 0) is 12.1 Å². The number of carbonyl (C=O) groups excluding carboxylic acids is 1. The summed E-state index contributed by atoms with van der Waals surface area (Å²) < 4.78 is 7.42. The third-order valence-electron chi connectivity index (χ3n) is 5.22. The molecule has 2 aromatic rings. The van der Waals surface area contributed by atoms with Crippen LogP contribution >= 0.6 is 0 Å². The minimum atomic E-state index is -1.07. The van der Waals surface area contributed by atoms with Gasteiger partial charge >= 0.3 is 5.97 Å². The molecule has 0 aliphatic carbocycles. The van der Waals surface area contributed by atoms with E-state index in [4.69, 9.17) is 4.74 Å². The van der Waals surface area contributed by atoms with E-state index in [0.29, 0.717) is 19.5 Å². The van der Waals surface area contributed by atoms with Gasteiger partial charge in [0.2, 0.25) is 5.91 Å². The van der Waals surface area contributed by atoms with Gasteiger partial charge in [0.05, 0.1) is 0 Å². The Hall–Kier alpha value is -2.83. The lowest BCUT2D eigenvalue weighted by Crippen LogP contribution is -2.46. The molecule has 0 saturated carbocycles. The summed E-state index contributed by atoms with van der Waals surface area (Å²) in [6.07, 6.45) is 3.77.